The van der Waals surface area contributed by atoms with Crippen molar-refractivity contribution in [1.29, 1.82) is 0 Å². The van der Waals surface area contributed by atoms with Crippen molar-refractivity contribution in [2.45, 2.75) is 0 Å². The van der Waals surface area contributed by atoms with Crippen LogP contribution in [0.2, 0.25) is 0 Å². The molecule has 0 bridgehead atoms. The highest BCUT2D eigenvalue weighted by Crippen LogP contribution is 2.36. The fourth-order valence-corrected chi connectivity index (χ4v) is 8.36. The van der Waals surface area contributed by atoms with Gasteiger partial charge >= 0.3 is 0 Å². The number of para-hydroxylation sites is 2. The van der Waals surface area contributed by atoms with Gasteiger partial charge < -0.3 is 0 Å². The van der Waals surface area contributed by atoms with E-state index >= 15 is 0 Å². The molecule has 0 saturated carbocycles. The lowest BCUT2D eigenvalue weighted by atomic mass is 9.96. The molecule has 0 unspecified atom stereocenters. The van der Waals surface area contributed by atoms with Crippen LogP contribution in [0.1, 0.15) is 0 Å². The molecule has 11 rings (SSSR count). The van der Waals surface area contributed by atoms with E-state index in [1.54, 1.807) is 0 Å². The lowest BCUT2D eigenvalue weighted by Crippen LogP contribution is -1.96. The molecule has 9 aromatic carbocycles. The van der Waals surface area contributed by atoms with E-state index in [1.165, 1.54) is 16.7 Å². The number of fused-ring (bicyclic) bond motifs is 2. The van der Waals surface area contributed by atoms with Crippen molar-refractivity contribution < 1.29 is 0 Å². The average Bonchev–Trinajstić information content (AvgIpc) is 3.36. The van der Waals surface area contributed by atoms with Crippen molar-refractivity contribution in [3.8, 4) is 89.8 Å². The Morgan fingerprint density at radius 2 is 0.468 bits per heavy atom. The van der Waals surface area contributed by atoms with E-state index in [4.69, 9.17) is 19.9 Å². The molecule has 0 aliphatic heterocycles. The molecule has 0 fully saturated rings. The van der Waals surface area contributed by atoms with Gasteiger partial charge in [-0.2, -0.15) is 0 Å². The van der Waals surface area contributed by atoms with Gasteiger partial charge in [0.1, 0.15) is 0 Å². The van der Waals surface area contributed by atoms with Crippen molar-refractivity contribution in [2.24, 2.45) is 0 Å². The predicted octanol–water partition coefficient (Wildman–Crippen LogP) is 14.9. The maximum absolute atomic E-state index is 5.30. The van der Waals surface area contributed by atoms with E-state index in [0.29, 0.717) is 11.6 Å². The largest absolute Gasteiger partial charge is 0.228 e. The summed E-state index contributed by atoms with van der Waals surface area (Å²) >= 11 is 0. The summed E-state index contributed by atoms with van der Waals surface area (Å²) in [5.41, 5.74) is 16.7. The zero-order chi connectivity index (χ0) is 41.2. The third kappa shape index (κ3) is 7.20. The fourth-order valence-electron chi connectivity index (χ4n) is 8.36. The Labute approximate surface area is 360 Å². The molecule has 4 heteroatoms. The molecule has 0 amide bonds. The number of benzene rings is 9. The summed E-state index contributed by atoms with van der Waals surface area (Å²) < 4.78 is 0. The van der Waals surface area contributed by atoms with Crippen LogP contribution in [-0.2, 0) is 0 Å². The second-order valence-electron chi connectivity index (χ2n) is 15.5. The zero-order valence-corrected chi connectivity index (χ0v) is 33.7. The quantitative estimate of drug-likeness (QED) is 0.154. The van der Waals surface area contributed by atoms with E-state index in [-0.39, 0.29) is 0 Å². The lowest BCUT2D eigenvalue weighted by molar-refractivity contribution is 1.23. The molecule has 0 aliphatic rings. The number of nitrogens with zero attached hydrogens (tertiary/aromatic N) is 4. The zero-order valence-electron chi connectivity index (χ0n) is 33.7. The van der Waals surface area contributed by atoms with Crippen molar-refractivity contribution >= 4 is 21.8 Å². The maximum atomic E-state index is 5.30. The van der Waals surface area contributed by atoms with Gasteiger partial charge in [-0.05, 0) is 87.0 Å². The fraction of sp³-hybridized carbons (Fsp3) is 0. The molecule has 0 atom stereocenters. The first-order chi connectivity index (χ1) is 30.7. The predicted molar refractivity (Wildman–Crippen MR) is 256 cm³/mol. The first-order valence-electron chi connectivity index (χ1n) is 20.9. The van der Waals surface area contributed by atoms with Crippen LogP contribution in [-0.4, -0.2) is 19.9 Å². The first-order valence-corrected chi connectivity index (χ1v) is 20.9. The molecule has 62 heavy (non-hydrogen) atoms. The molecule has 11 aromatic rings. The van der Waals surface area contributed by atoms with Gasteiger partial charge in [0.25, 0.3) is 0 Å². The number of hydrogen-bond acceptors (Lipinski definition) is 4. The molecular weight excluding hydrogens is 753 g/mol. The van der Waals surface area contributed by atoms with Crippen LogP contribution in [0.5, 0.6) is 0 Å². The molecular formula is C58H38N4. The van der Waals surface area contributed by atoms with Gasteiger partial charge in [0, 0.05) is 33.0 Å². The third-order valence-corrected chi connectivity index (χ3v) is 11.5. The summed E-state index contributed by atoms with van der Waals surface area (Å²) in [6.45, 7) is 0. The van der Waals surface area contributed by atoms with Crippen LogP contribution < -0.4 is 0 Å². The lowest BCUT2D eigenvalue weighted by Gasteiger charge is -2.13. The Balaban J connectivity index is 0.957. The Kier molecular flexibility index (Phi) is 9.49. The van der Waals surface area contributed by atoms with Crippen molar-refractivity contribution in [3.63, 3.8) is 0 Å². The SMILES string of the molecule is c1ccc(-c2cccc(-c3cccc(-c4nc(-c5cccc(-c6cccc(-c7nc(-c8cccc(-c9ccccc9)c8)c8ccccc8n7)c6)c5)nc5ccccc45)c3)c2)cc1. The van der Waals surface area contributed by atoms with Crippen LogP contribution in [0.25, 0.3) is 112 Å². The van der Waals surface area contributed by atoms with Crippen LogP contribution in [0, 0.1) is 0 Å². The van der Waals surface area contributed by atoms with Gasteiger partial charge in [-0.15, -0.1) is 0 Å². The molecule has 0 radical (unpaired) electrons. The van der Waals surface area contributed by atoms with Crippen LogP contribution in [0.3, 0.4) is 0 Å². The summed E-state index contributed by atoms with van der Waals surface area (Å²) in [5.74, 6) is 1.35. The molecule has 0 aliphatic carbocycles. The highest BCUT2D eigenvalue weighted by atomic mass is 14.9. The topological polar surface area (TPSA) is 51.6 Å². The Morgan fingerprint density at radius 3 is 0.871 bits per heavy atom. The minimum Gasteiger partial charge on any atom is -0.228 e. The summed E-state index contributed by atoms with van der Waals surface area (Å²) in [4.78, 5) is 20.8. The normalized spacial score (nSPS) is 11.2. The second kappa shape index (κ2) is 16.0. The number of aromatic nitrogens is 4. The average molecular weight is 791 g/mol. The van der Waals surface area contributed by atoms with Crippen LogP contribution in [0.15, 0.2) is 231 Å². The van der Waals surface area contributed by atoms with Crippen molar-refractivity contribution in [1.82, 2.24) is 19.9 Å². The van der Waals surface area contributed by atoms with E-state index in [2.05, 4.69) is 212 Å². The third-order valence-electron chi connectivity index (χ3n) is 11.5. The molecule has 0 saturated heterocycles. The van der Waals surface area contributed by atoms with Gasteiger partial charge in [0.2, 0.25) is 0 Å². The minimum atomic E-state index is 0.674. The number of hydrogen-bond donors (Lipinski definition) is 0. The summed E-state index contributed by atoms with van der Waals surface area (Å²) in [6, 6.07) is 80.5. The van der Waals surface area contributed by atoms with Gasteiger partial charge in [0.15, 0.2) is 11.6 Å². The Hall–Kier alpha value is -8.34. The highest BCUT2D eigenvalue weighted by Gasteiger charge is 2.16. The van der Waals surface area contributed by atoms with Crippen LogP contribution in [0.4, 0.5) is 0 Å². The standard InChI is InChI=1S/C58H38N4/c1-3-16-39(17-4-1)41-20-11-22-43(34-41)44-23-13-27-48(36-44)56-52-31-8-10-33-54(52)60-58(62-56)50-29-15-25-46(38-50)45-24-14-28-49(37-45)57-59-53-32-9-7-30-51(53)55(61-57)47-26-12-21-42(35-47)40-18-5-2-6-19-40/h1-38H. The molecule has 290 valence electrons. The smallest absolute Gasteiger partial charge is 0.160 e. The van der Waals surface area contributed by atoms with E-state index in [1.807, 2.05) is 18.2 Å². The highest BCUT2D eigenvalue weighted by molar-refractivity contribution is 5.96. The molecule has 0 N–H and O–H groups in total. The molecule has 0 spiro atoms. The van der Waals surface area contributed by atoms with E-state index in [9.17, 15) is 0 Å². The minimum absolute atomic E-state index is 0.674. The molecule has 2 heterocycles. The summed E-state index contributed by atoms with van der Waals surface area (Å²) in [5, 5.41) is 2.03. The molecule has 2 aromatic heterocycles. The van der Waals surface area contributed by atoms with Gasteiger partial charge in [-0.3, -0.25) is 0 Å². The van der Waals surface area contributed by atoms with Crippen LogP contribution >= 0.6 is 0 Å². The Bertz CT molecular complexity index is 3410. The summed E-state index contributed by atoms with van der Waals surface area (Å²) in [6.07, 6.45) is 0. The molecule has 4 nitrogen and oxygen atoms in total. The summed E-state index contributed by atoms with van der Waals surface area (Å²) in [7, 11) is 0. The first kappa shape index (κ1) is 36.7. The van der Waals surface area contributed by atoms with E-state index < -0.39 is 0 Å². The second-order valence-corrected chi connectivity index (χ2v) is 15.5. The van der Waals surface area contributed by atoms with Gasteiger partial charge in [-0.25, -0.2) is 19.9 Å². The maximum Gasteiger partial charge on any atom is 0.160 e. The van der Waals surface area contributed by atoms with Crippen molar-refractivity contribution in [3.05, 3.63) is 231 Å². The number of rotatable bonds is 8. The Morgan fingerprint density at radius 1 is 0.194 bits per heavy atom. The van der Waals surface area contributed by atoms with Crippen molar-refractivity contribution in [2.75, 3.05) is 0 Å². The van der Waals surface area contributed by atoms with Gasteiger partial charge in [0.05, 0.1) is 22.4 Å². The van der Waals surface area contributed by atoms with Gasteiger partial charge in [-0.1, -0.05) is 188 Å². The monoisotopic (exact) mass is 790 g/mol. The van der Waals surface area contributed by atoms with E-state index in [0.717, 1.165) is 83.3 Å².